The first-order chi connectivity index (χ1) is 8.19. The van der Waals surface area contributed by atoms with Crippen LogP contribution in [0.25, 0.3) is 0 Å². The number of hydrogen-bond acceptors (Lipinski definition) is 5. The summed E-state index contributed by atoms with van der Waals surface area (Å²) in [6.07, 6.45) is 1.66. The van der Waals surface area contributed by atoms with Gasteiger partial charge in [0.2, 0.25) is 5.88 Å². The molecule has 17 heavy (non-hydrogen) atoms. The largest absolute Gasteiger partial charge is 0.481 e. The highest BCUT2D eigenvalue weighted by Gasteiger charge is 2.08. The van der Waals surface area contributed by atoms with Crippen LogP contribution in [0.1, 0.15) is 9.67 Å². The Morgan fingerprint density at radius 1 is 1.47 bits per heavy atom. The van der Waals surface area contributed by atoms with Gasteiger partial charge >= 0.3 is 5.97 Å². The van der Waals surface area contributed by atoms with Crippen LogP contribution in [0, 0.1) is 0 Å². The molecule has 0 amide bonds. The van der Waals surface area contributed by atoms with E-state index in [9.17, 15) is 4.79 Å². The van der Waals surface area contributed by atoms with Crippen molar-refractivity contribution in [3.63, 3.8) is 0 Å². The molecule has 2 aromatic heterocycles. The van der Waals surface area contributed by atoms with Gasteiger partial charge < -0.3 is 9.84 Å². The average Bonchev–Trinajstić information content (AvgIpc) is 2.78. The van der Waals surface area contributed by atoms with Crippen molar-refractivity contribution in [2.75, 3.05) is 7.11 Å². The molecule has 0 aliphatic heterocycles. The predicted octanol–water partition coefficient (Wildman–Crippen LogP) is 3.00. The van der Waals surface area contributed by atoms with Gasteiger partial charge in [0.05, 0.1) is 7.11 Å². The number of ether oxygens (including phenoxy) is 1. The van der Waals surface area contributed by atoms with Crippen LogP contribution in [0.15, 0.2) is 39.6 Å². The van der Waals surface area contributed by atoms with Gasteiger partial charge in [-0.3, -0.25) is 0 Å². The van der Waals surface area contributed by atoms with Crippen molar-refractivity contribution in [3.8, 4) is 5.88 Å². The van der Waals surface area contributed by atoms with Crippen molar-refractivity contribution in [3.05, 3.63) is 34.7 Å². The lowest BCUT2D eigenvalue weighted by Crippen LogP contribution is -1.89. The Bertz CT molecular complexity index is 539. The fourth-order valence-corrected chi connectivity index (χ4v) is 2.94. The Hall–Kier alpha value is -1.53. The van der Waals surface area contributed by atoms with Crippen LogP contribution in [-0.2, 0) is 0 Å². The third kappa shape index (κ3) is 2.98. The standard InChI is InChI=1S/C11H9NO3S2/c1-15-10-5-7(2-3-12-10)17-8-4-9(11(13)14)16-6-8/h2-6H,1H3,(H,13,14). The van der Waals surface area contributed by atoms with Gasteiger partial charge in [-0.1, -0.05) is 11.8 Å². The first-order valence-electron chi connectivity index (χ1n) is 4.69. The van der Waals surface area contributed by atoms with Crippen LogP contribution in [0.2, 0.25) is 0 Å². The lowest BCUT2D eigenvalue weighted by atomic mass is 10.5. The maximum absolute atomic E-state index is 10.7. The fraction of sp³-hybridized carbons (Fsp3) is 0.0909. The van der Waals surface area contributed by atoms with Crippen LogP contribution in [0.5, 0.6) is 5.88 Å². The molecule has 2 heterocycles. The van der Waals surface area contributed by atoms with Crippen molar-refractivity contribution >= 4 is 29.1 Å². The van der Waals surface area contributed by atoms with Crippen molar-refractivity contribution in [2.45, 2.75) is 9.79 Å². The second kappa shape index (κ2) is 5.20. The molecule has 0 aliphatic carbocycles. The first-order valence-corrected chi connectivity index (χ1v) is 6.38. The summed E-state index contributed by atoms with van der Waals surface area (Å²) in [4.78, 5) is 17.0. The molecule has 2 rings (SSSR count). The first kappa shape index (κ1) is 11.9. The maximum atomic E-state index is 10.7. The molecule has 4 nitrogen and oxygen atoms in total. The summed E-state index contributed by atoms with van der Waals surface area (Å²) in [5.41, 5.74) is 0. The van der Waals surface area contributed by atoms with Crippen LogP contribution in [0.3, 0.4) is 0 Å². The third-order valence-corrected chi connectivity index (χ3v) is 3.97. The van der Waals surface area contributed by atoms with Crippen molar-refractivity contribution in [2.24, 2.45) is 0 Å². The van der Waals surface area contributed by atoms with E-state index in [0.717, 1.165) is 9.79 Å². The Kier molecular flexibility index (Phi) is 3.65. The van der Waals surface area contributed by atoms with Gasteiger partial charge in [0, 0.05) is 27.4 Å². The van der Waals surface area contributed by atoms with E-state index in [4.69, 9.17) is 9.84 Å². The smallest absolute Gasteiger partial charge is 0.345 e. The fourth-order valence-electron chi connectivity index (χ4n) is 1.19. The van der Waals surface area contributed by atoms with Gasteiger partial charge in [-0.25, -0.2) is 9.78 Å². The lowest BCUT2D eigenvalue weighted by molar-refractivity contribution is 0.0702. The number of thiophene rings is 1. The van der Waals surface area contributed by atoms with E-state index >= 15 is 0 Å². The van der Waals surface area contributed by atoms with Gasteiger partial charge in [-0.2, -0.15) is 0 Å². The Morgan fingerprint density at radius 3 is 2.94 bits per heavy atom. The highest BCUT2D eigenvalue weighted by Crippen LogP contribution is 2.32. The van der Waals surface area contributed by atoms with E-state index in [1.807, 2.05) is 17.5 Å². The molecule has 0 radical (unpaired) electrons. The summed E-state index contributed by atoms with van der Waals surface area (Å²) in [5.74, 6) is -0.349. The highest BCUT2D eigenvalue weighted by molar-refractivity contribution is 7.99. The molecule has 0 aliphatic rings. The van der Waals surface area contributed by atoms with Gasteiger partial charge in [0.25, 0.3) is 0 Å². The molecule has 0 atom stereocenters. The van der Waals surface area contributed by atoms with Gasteiger partial charge in [0.15, 0.2) is 0 Å². The van der Waals surface area contributed by atoms with Crippen molar-refractivity contribution in [1.29, 1.82) is 0 Å². The lowest BCUT2D eigenvalue weighted by Gasteiger charge is -2.01. The molecule has 1 N–H and O–H groups in total. The highest BCUT2D eigenvalue weighted by atomic mass is 32.2. The van der Waals surface area contributed by atoms with E-state index in [2.05, 4.69) is 4.98 Å². The molecule has 0 bridgehead atoms. The van der Waals surface area contributed by atoms with E-state index in [1.165, 1.54) is 23.1 Å². The summed E-state index contributed by atoms with van der Waals surface area (Å²) < 4.78 is 5.02. The predicted molar refractivity (Wildman–Crippen MR) is 66.2 cm³/mol. The molecular formula is C11H9NO3S2. The van der Waals surface area contributed by atoms with Crippen LogP contribution < -0.4 is 4.74 Å². The summed E-state index contributed by atoms with van der Waals surface area (Å²) in [7, 11) is 1.56. The number of carboxylic acids is 1. The topological polar surface area (TPSA) is 59.4 Å². The molecule has 0 saturated heterocycles. The number of carboxylic acid groups (broad SMARTS) is 1. The number of nitrogens with zero attached hydrogens (tertiary/aromatic N) is 1. The Morgan fingerprint density at radius 2 is 2.29 bits per heavy atom. The molecule has 0 saturated carbocycles. The maximum Gasteiger partial charge on any atom is 0.345 e. The zero-order valence-corrected chi connectivity index (χ0v) is 10.5. The molecule has 2 aromatic rings. The molecule has 6 heteroatoms. The normalized spacial score (nSPS) is 10.2. The SMILES string of the molecule is COc1cc(Sc2csc(C(=O)O)c2)ccn1. The minimum absolute atomic E-state index is 0.341. The van der Waals surface area contributed by atoms with Gasteiger partial charge in [0.1, 0.15) is 4.88 Å². The van der Waals surface area contributed by atoms with E-state index in [-0.39, 0.29) is 0 Å². The minimum Gasteiger partial charge on any atom is -0.481 e. The number of hydrogen-bond donors (Lipinski definition) is 1. The average molecular weight is 267 g/mol. The quantitative estimate of drug-likeness (QED) is 0.922. The second-order valence-electron chi connectivity index (χ2n) is 3.09. The molecule has 0 fully saturated rings. The Balaban J connectivity index is 2.16. The van der Waals surface area contributed by atoms with Crippen molar-refractivity contribution < 1.29 is 14.6 Å². The summed E-state index contributed by atoms with van der Waals surface area (Å²) in [5, 5.41) is 10.6. The zero-order valence-electron chi connectivity index (χ0n) is 8.91. The number of carbonyl (C=O) groups is 1. The van der Waals surface area contributed by atoms with Crippen molar-refractivity contribution in [1.82, 2.24) is 4.98 Å². The number of methoxy groups -OCH3 is 1. The zero-order chi connectivity index (χ0) is 12.3. The molecule has 88 valence electrons. The van der Waals surface area contributed by atoms with E-state index < -0.39 is 5.97 Å². The third-order valence-electron chi connectivity index (χ3n) is 1.94. The molecule has 0 aromatic carbocycles. The molecule has 0 unspecified atom stereocenters. The summed E-state index contributed by atoms with van der Waals surface area (Å²) in [6.45, 7) is 0. The van der Waals surface area contributed by atoms with E-state index in [0.29, 0.717) is 10.8 Å². The number of pyridine rings is 1. The number of aromatic carboxylic acids is 1. The van der Waals surface area contributed by atoms with Gasteiger partial charge in [-0.15, -0.1) is 11.3 Å². The number of rotatable bonds is 4. The minimum atomic E-state index is -0.894. The van der Waals surface area contributed by atoms with E-state index in [1.54, 1.807) is 19.4 Å². The number of aromatic nitrogens is 1. The van der Waals surface area contributed by atoms with Gasteiger partial charge in [-0.05, 0) is 12.1 Å². The molecular weight excluding hydrogens is 258 g/mol. The van der Waals surface area contributed by atoms with Crippen LogP contribution >= 0.6 is 23.1 Å². The van der Waals surface area contributed by atoms with Crippen LogP contribution in [-0.4, -0.2) is 23.2 Å². The molecule has 0 spiro atoms. The monoisotopic (exact) mass is 267 g/mol. The summed E-state index contributed by atoms with van der Waals surface area (Å²) >= 11 is 2.70. The summed E-state index contributed by atoms with van der Waals surface area (Å²) in [6, 6.07) is 5.32. The Labute approximate surface area is 106 Å². The second-order valence-corrected chi connectivity index (χ2v) is 5.15. The van der Waals surface area contributed by atoms with Crippen LogP contribution in [0.4, 0.5) is 0 Å².